The Labute approximate surface area is 358 Å². The lowest BCUT2D eigenvalue weighted by molar-refractivity contribution is 0.530. The van der Waals surface area contributed by atoms with Crippen LogP contribution in [-0.4, -0.2) is 48.8 Å². The van der Waals surface area contributed by atoms with Crippen molar-refractivity contribution >= 4 is 23.5 Å². The van der Waals surface area contributed by atoms with Gasteiger partial charge in [-0.1, -0.05) is 188 Å². The highest BCUT2D eigenvalue weighted by Gasteiger charge is 2.43. The summed E-state index contributed by atoms with van der Waals surface area (Å²) >= 11 is 4.10. The largest absolute Gasteiger partial charge is 0.315 e. The summed E-state index contributed by atoms with van der Waals surface area (Å²) in [5.41, 5.74) is 7.86. The number of hydrogen-bond donors (Lipinski definition) is 3. The SMILES string of the molecule is CC(C)(CNCCCCCNCCNCC(C)(C)SC(c1ccccc1)(c1ccccc1)c1ccccc1)SC(c1ccccc1)(c1ccccc1)c1ccccc1. The molecule has 0 fully saturated rings. The molecule has 302 valence electrons. The Morgan fingerprint density at radius 3 is 0.845 bits per heavy atom. The lowest BCUT2D eigenvalue weighted by Crippen LogP contribution is -2.40. The lowest BCUT2D eigenvalue weighted by Gasteiger charge is -2.41. The van der Waals surface area contributed by atoms with E-state index in [2.05, 4.69) is 237 Å². The van der Waals surface area contributed by atoms with E-state index in [1.54, 1.807) is 0 Å². The van der Waals surface area contributed by atoms with Gasteiger partial charge >= 0.3 is 0 Å². The Hall–Kier alpha value is -4.10. The van der Waals surface area contributed by atoms with Crippen LogP contribution in [0.5, 0.6) is 0 Å². The highest BCUT2D eigenvalue weighted by molar-refractivity contribution is 8.02. The van der Waals surface area contributed by atoms with Crippen molar-refractivity contribution in [2.75, 3.05) is 39.3 Å². The van der Waals surface area contributed by atoms with Crippen molar-refractivity contribution in [1.82, 2.24) is 16.0 Å². The van der Waals surface area contributed by atoms with Gasteiger partial charge in [-0.15, -0.1) is 23.5 Å². The molecule has 0 aliphatic carbocycles. The molecule has 6 rings (SSSR count). The zero-order valence-corrected chi connectivity index (χ0v) is 36.6. The minimum absolute atomic E-state index is 0.0186. The summed E-state index contributed by atoms with van der Waals surface area (Å²) in [6.45, 7) is 15.4. The third kappa shape index (κ3) is 11.3. The molecule has 0 aliphatic heterocycles. The first-order valence-corrected chi connectivity index (χ1v) is 22.7. The second-order valence-corrected chi connectivity index (χ2v) is 20.3. The van der Waals surface area contributed by atoms with Crippen molar-refractivity contribution in [2.45, 2.75) is 65.9 Å². The molecule has 58 heavy (non-hydrogen) atoms. The number of thioether (sulfide) groups is 2. The Kier molecular flexibility index (Phi) is 15.9. The highest BCUT2D eigenvalue weighted by Crippen LogP contribution is 2.54. The number of nitrogens with one attached hydrogen (secondary N) is 3. The van der Waals surface area contributed by atoms with E-state index in [1.165, 1.54) is 52.6 Å². The fraction of sp³-hybridized carbons (Fsp3) is 0.321. The molecule has 3 N–H and O–H groups in total. The summed E-state index contributed by atoms with van der Waals surface area (Å²) in [7, 11) is 0. The van der Waals surface area contributed by atoms with E-state index in [0.29, 0.717) is 0 Å². The highest BCUT2D eigenvalue weighted by atomic mass is 32.2. The molecule has 0 heterocycles. The van der Waals surface area contributed by atoms with Gasteiger partial charge < -0.3 is 16.0 Å². The van der Waals surface area contributed by atoms with Gasteiger partial charge in [-0.2, -0.15) is 0 Å². The summed E-state index contributed by atoms with van der Waals surface area (Å²) in [5.74, 6) is 0. The Morgan fingerprint density at radius 2 is 0.552 bits per heavy atom. The molecule has 0 radical (unpaired) electrons. The van der Waals surface area contributed by atoms with Crippen LogP contribution in [0.25, 0.3) is 0 Å². The first-order chi connectivity index (χ1) is 28.3. The zero-order chi connectivity index (χ0) is 40.6. The molecule has 6 aromatic rings. The molecule has 0 bridgehead atoms. The van der Waals surface area contributed by atoms with E-state index in [-0.39, 0.29) is 19.0 Å². The van der Waals surface area contributed by atoms with Gasteiger partial charge in [-0.25, -0.2) is 0 Å². The van der Waals surface area contributed by atoms with Gasteiger partial charge in [0.1, 0.15) is 0 Å². The van der Waals surface area contributed by atoms with E-state index >= 15 is 0 Å². The number of rotatable bonds is 23. The fourth-order valence-corrected chi connectivity index (χ4v) is 11.6. The molecule has 0 aliphatic rings. The van der Waals surface area contributed by atoms with Crippen molar-refractivity contribution < 1.29 is 0 Å². The Morgan fingerprint density at radius 1 is 0.310 bits per heavy atom. The predicted molar refractivity (Wildman–Crippen MR) is 254 cm³/mol. The molecule has 5 heteroatoms. The maximum atomic E-state index is 3.83. The maximum Gasteiger partial charge on any atom is 0.0912 e. The fourth-order valence-electron chi connectivity index (χ4n) is 8.05. The first-order valence-electron chi connectivity index (χ1n) is 21.1. The normalized spacial score (nSPS) is 12.4. The topological polar surface area (TPSA) is 36.1 Å². The minimum Gasteiger partial charge on any atom is -0.315 e. The second-order valence-electron chi connectivity index (χ2n) is 16.4. The first kappa shape index (κ1) is 43.5. The van der Waals surface area contributed by atoms with Gasteiger partial charge in [0.25, 0.3) is 0 Å². The second kappa shape index (κ2) is 21.2. The van der Waals surface area contributed by atoms with Crippen molar-refractivity contribution in [2.24, 2.45) is 0 Å². The van der Waals surface area contributed by atoms with Crippen LogP contribution in [-0.2, 0) is 9.49 Å². The molecule has 3 nitrogen and oxygen atoms in total. The van der Waals surface area contributed by atoms with E-state index < -0.39 is 0 Å². The lowest BCUT2D eigenvalue weighted by atomic mass is 9.84. The average Bonchev–Trinajstić information content (AvgIpc) is 3.27. The predicted octanol–water partition coefficient (Wildman–Crippen LogP) is 11.9. The summed E-state index contributed by atoms with van der Waals surface area (Å²) in [4.78, 5) is 0. The van der Waals surface area contributed by atoms with Crippen molar-refractivity contribution in [3.05, 3.63) is 215 Å². The molecule has 0 aromatic heterocycles. The molecule has 0 saturated heterocycles. The molecule has 0 amide bonds. The number of hydrogen-bond acceptors (Lipinski definition) is 5. The van der Waals surface area contributed by atoms with Gasteiger partial charge in [0, 0.05) is 35.7 Å². The summed E-state index contributed by atoms with van der Waals surface area (Å²) in [6, 6.07) is 66.1. The van der Waals surface area contributed by atoms with E-state index in [0.717, 1.165) is 39.3 Å². The van der Waals surface area contributed by atoms with Crippen LogP contribution in [0.2, 0.25) is 0 Å². The van der Waals surface area contributed by atoms with E-state index in [4.69, 9.17) is 0 Å². The van der Waals surface area contributed by atoms with Gasteiger partial charge in [-0.3, -0.25) is 0 Å². The monoisotopic (exact) mass is 805 g/mol. The number of benzene rings is 6. The molecule has 0 unspecified atom stereocenters. The van der Waals surface area contributed by atoms with E-state index in [9.17, 15) is 0 Å². The maximum absolute atomic E-state index is 3.83. The van der Waals surface area contributed by atoms with Crippen molar-refractivity contribution in [3.8, 4) is 0 Å². The standard InChI is InChI=1S/C53H63N3S2/c1-50(2,57-52(44-26-12-5-13-27-44,45-28-14-6-15-29-45)46-30-16-7-17-31-46)42-55-39-25-11-24-38-54-40-41-56-43-51(3,4)58-53(47-32-18-8-19-33-47,48-34-20-9-21-35-48)49-36-22-10-23-37-49/h5-10,12-23,26-37,54-56H,11,24-25,38-43H2,1-4H3. The van der Waals surface area contributed by atoms with Gasteiger partial charge in [0.15, 0.2) is 0 Å². The molecule has 6 aromatic carbocycles. The third-order valence-electron chi connectivity index (χ3n) is 10.7. The van der Waals surface area contributed by atoms with Crippen LogP contribution < -0.4 is 16.0 Å². The van der Waals surface area contributed by atoms with Gasteiger partial charge in [-0.05, 0) is 87.0 Å². The summed E-state index contributed by atoms with van der Waals surface area (Å²) in [5, 5.41) is 11.3. The van der Waals surface area contributed by atoms with Crippen molar-refractivity contribution in [1.29, 1.82) is 0 Å². The summed E-state index contributed by atoms with van der Waals surface area (Å²) in [6.07, 6.45) is 3.58. The molecular formula is C53H63N3S2. The number of unbranched alkanes of at least 4 members (excludes halogenated alkanes) is 2. The average molecular weight is 806 g/mol. The van der Waals surface area contributed by atoms with Crippen LogP contribution in [0.4, 0.5) is 0 Å². The van der Waals surface area contributed by atoms with Crippen LogP contribution >= 0.6 is 23.5 Å². The summed E-state index contributed by atoms with van der Waals surface area (Å²) < 4.78 is -0.697. The zero-order valence-electron chi connectivity index (χ0n) is 35.0. The van der Waals surface area contributed by atoms with Crippen LogP contribution in [0.3, 0.4) is 0 Å². The van der Waals surface area contributed by atoms with Crippen LogP contribution in [0.1, 0.15) is 80.3 Å². The van der Waals surface area contributed by atoms with Gasteiger partial charge in [0.2, 0.25) is 0 Å². The molecule has 0 spiro atoms. The van der Waals surface area contributed by atoms with Gasteiger partial charge in [0.05, 0.1) is 9.49 Å². The van der Waals surface area contributed by atoms with Crippen LogP contribution in [0, 0.1) is 0 Å². The molecular weight excluding hydrogens is 743 g/mol. The molecule has 0 atom stereocenters. The molecule has 0 saturated carbocycles. The smallest absolute Gasteiger partial charge is 0.0912 e. The van der Waals surface area contributed by atoms with Crippen molar-refractivity contribution in [3.63, 3.8) is 0 Å². The quantitative estimate of drug-likeness (QED) is 0.0444. The third-order valence-corrected chi connectivity index (χ3v) is 14.1. The minimum atomic E-state index is -0.326. The van der Waals surface area contributed by atoms with E-state index in [1.807, 2.05) is 11.8 Å². The Balaban J connectivity index is 0.941. The Bertz CT molecular complexity index is 1680. The van der Waals surface area contributed by atoms with Crippen LogP contribution in [0.15, 0.2) is 182 Å².